The Labute approximate surface area is 122 Å². The fourth-order valence-corrected chi connectivity index (χ4v) is 3.00. The van der Waals surface area contributed by atoms with Crippen LogP contribution in [0.4, 0.5) is 0 Å². The lowest BCUT2D eigenvalue weighted by molar-refractivity contribution is 0.633. The molecule has 5 heteroatoms. The van der Waals surface area contributed by atoms with E-state index in [1.54, 1.807) is 6.20 Å². The van der Waals surface area contributed by atoms with Crippen LogP contribution in [-0.4, -0.2) is 14.8 Å². The third kappa shape index (κ3) is 2.87. The summed E-state index contributed by atoms with van der Waals surface area (Å²) in [7, 11) is 1.96. The molecule has 0 saturated carbocycles. The molecule has 4 nitrogen and oxygen atoms in total. The molecule has 0 radical (unpaired) electrons. The van der Waals surface area contributed by atoms with E-state index < -0.39 is 0 Å². The van der Waals surface area contributed by atoms with Crippen molar-refractivity contribution < 1.29 is 0 Å². The minimum absolute atomic E-state index is 0.0647. The number of hydrogen-bond acceptors (Lipinski definition) is 3. The second kappa shape index (κ2) is 5.84. The van der Waals surface area contributed by atoms with Crippen molar-refractivity contribution in [3.8, 4) is 0 Å². The van der Waals surface area contributed by atoms with E-state index in [2.05, 4.69) is 39.9 Å². The molecule has 0 amide bonds. The first-order chi connectivity index (χ1) is 9.04. The van der Waals surface area contributed by atoms with E-state index in [0.717, 1.165) is 34.3 Å². The van der Waals surface area contributed by atoms with E-state index in [9.17, 15) is 0 Å². The summed E-state index contributed by atoms with van der Waals surface area (Å²) in [6.07, 6.45) is 5.30. The molecule has 0 spiro atoms. The van der Waals surface area contributed by atoms with Gasteiger partial charge in [0, 0.05) is 31.9 Å². The number of pyridine rings is 1. The van der Waals surface area contributed by atoms with Gasteiger partial charge in [0.2, 0.25) is 0 Å². The summed E-state index contributed by atoms with van der Waals surface area (Å²) in [6, 6.07) is 1.93. The number of aromatic nitrogens is 3. The van der Waals surface area contributed by atoms with Gasteiger partial charge in [0.05, 0.1) is 15.9 Å². The lowest BCUT2D eigenvalue weighted by atomic mass is 10.0. The topological polar surface area (TPSA) is 56.7 Å². The smallest absolute Gasteiger partial charge is 0.0766 e. The van der Waals surface area contributed by atoms with Gasteiger partial charge >= 0.3 is 0 Å². The molecule has 0 aromatic carbocycles. The van der Waals surface area contributed by atoms with Crippen molar-refractivity contribution in [2.45, 2.75) is 32.7 Å². The average molecular weight is 323 g/mol. The van der Waals surface area contributed by atoms with Crippen molar-refractivity contribution in [2.24, 2.45) is 12.8 Å². The first kappa shape index (κ1) is 14.2. The second-order valence-corrected chi connectivity index (χ2v) is 5.52. The predicted octanol–water partition coefficient (Wildman–Crippen LogP) is 2.69. The average Bonchev–Trinajstić information content (AvgIpc) is 2.66. The summed E-state index contributed by atoms with van der Waals surface area (Å²) >= 11 is 3.63. The van der Waals surface area contributed by atoms with Gasteiger partial charge in [-0.1, -0.05) is 6.92 Å². The molecule has 1 unspecified atom stereocenters. The Morgan fingerprint density at radius 3 is 2.79 bits per heavy atom. The van der Waals surface area contributed by atoms with E-state index in [-0.39, 0.29) is 6.04 Å². The summed E-state index contributed by atoms with van der Waals surface area (Å²) in [5.41, 5.74) is 10.8. The molecule has 102 valence electrons. The minimum atomic E-state index is -0.0647. The SMILES string of the molecule is CCc1nn(C)c(CC(N)c2cnccc2C)c1Br. The van der Waals surface area contributed by atoms with E-state index in [0.29, 0.717) is 0 Å². The van der Waals surface area contributed by atoms with Crippen LogP contribution in [0, 0.1) is 6.92 Å². The molecule has 1 atom stereocenters. The summed E-state index contributed by atoms with van der Waals surface area (Å²) < 4.78 is 2.99. The van der Waals surface area contributed by atoms with Crippen LogP contribution >= 0.6 is 15.9 Å². The molecule has 0 fully saturated rings. The van der Waals surface area contributed by atoms with Gasteiger partial charge in [-0.05, 0) is 46.5 Å². The third-order valence-electron chi connectivity index (χ3n) is 3.40. The van der Waals surface area contributed by atoms with Crippen molar-refractivity contribution in [3.63, 3.8) is 0 Å². The maximum absolute atomic E-state index is 6.31. The molecule has 2 heterocycles. The van der Waals surface area contributed by atoms with Crippen LogP contribution in [0.3, 0.4) is 0 Å². The first-order valence-electron chi connectivity index (χ1n) is 6.40. The van der Waals surface area contributed by atoms with Crippen LogP contribution < -0.4 is 5.73 Å². The molecule has 0 saturated heterocycles. The zero-order valence-corrected chi connectivity index (χ0v) is 13.1. The van der Waals surface area contributed by atoms with Gasteiger partial charge in [0.1, 0.15) is 0 Å². The third-order valence-corrected chi connectivity index (χ3v) is 4.31. The number of halogens is 1. The van der Waals surface area contributed by atoms with Crippen LogP contribution in [0.5, 0.6) is 0 Å². The highest BCUT2D eigenvalue weighted by Crippen LogP contribution is 2.26. The molecule has 0 aliphatic heterocycles. The van der Waals surface area contributed by atoms with Gasteiger partial charge in [-0.25, -0.2) is 0 Å². The predicted molar refractivity (Wildman–Crippen MR) is 79.9 cm³/mol. The van der Waals surface area contributed by atoms with Crippen molar-refractivity contribution in [1.82, 2.24) is 14.8 Å². The monoisotopic (exact) mass is 322 g/mol. The Bertz CT molecular complexity index is 577. The van der Waals surface area contributed by atoms with Crippen LogP contribution in [0.1, 0.15) is 35.5 Å². The highest BCUT2D eigenvalue weighted by molar-refractivity contribution is 9.10. The van der Waals surface area contributed by atoms with E-state index in [1.807, 2.05) is 24.0 Å². The maximum atomic E-state index is 6.31. The number of nitrogens with two attached hydrogens (primary N) is 1. The molecule has 2 rings (SSSR count). The van der Waals surface area contributed by atoms with Crippen LogP contribution in [0.25, 0.3) is 0 Å². The van der Waals surface area contributed by atoms with Gasteiger partial charge in [-0.3, -0.25) is 9.67 Å². The summed E-state index contributed by atoms with van der Waals surface area (Å²) in [5, 5.41) is 4.50. The van der Waals surface area contributed by atoms with E-state index >= 15 is 0 Å². The van der Waals surface area contributed by atoms with Gasteiger partial charge < -0.3 is 5.73 Å². The molecular weight excluding hydrogens is 304 g/mol. The Balaban J connectivity index is 2.27. The van der Waals surface area contributed by atoms with Crippen molar-refractivity contribution in [1.29, 1.82) is 0 Å². The normalized spacial score (nSPS) is 12.7. The van der Waals surface area contributed by atoms with Gasteiger partial charge in [-0.15, -0.1) is 0 Å². The quantitative estimate of drug-likeness (QED) is 0.941. The zero-order valence-electron chi connectivity index (χ0n) is 11.5. The second-order valence-electron chi connectivity index (χ2n) is 4.73. The van der Waals surface area contributed by atoms with Crippen LogP contribution in [0.2, 0.25) is 0 Å². The molecule has 2 aromatic rings. The van der Waals surface area contributed by atoms with Crippen molar-refractivity contribution in [2.75, 3.05) is 0 Å². The maximum Gasteiger partial charge on any atom is 0.0766 e. The lowest BCUT2D eigenvalue weighted by Gasteiger charge is -2.14. The number of nitrogens with zero attached hydrogens (tertiary/aromatic N) is 3. The molecule has 0 aliphatic rings. The summed E-state index contributed by atoms with van der Waals surface area (Å²) in [5.74, 6) is 0. The van der Waals surface area contributed by atoms with E-state index in [1.165, 1.54) is 5.56 Å². The Kier molecular flexibility index (Phi) is 4.37. The largest absolute Gasteiger partial charge is 0.324 e. The number of rotatable bonds is 4. The zero-order chi connectivity index (χ0) is 14.0. The van der Waals surface area contributed by atoms with Crippen LogP contribution in [0.15, 0.2) is 22.9 Å². The summed E-state index contributed by atoms with van der Waals surface area (Å²) in [6.45, 7) is 4.16. The van der Waals surface area contributed by atoms with Crippen LogP contribution in [-0.2, 0) is 19.9 Å². The molecule has 2 N–H and O–H groups in total. The van der Waals surface area contributed by atoms with Gasteiger partial charge in [0.25, 0.3) is 0 Å². The highest BCUT2D eigenvalue weighted by Gasteiger charge is 2.17. The Morgan fingerprint density at radius 2 is 2.21 bits per heavy atom. The molecular formula is C14H19BrN4. The molecule has 0 bridgehead atoms. The first-order valence-corrected chi connectivity index (χ1v) is 7.20. The Hall–Kier alpha value is -1.20. The standard InChI is InChI=1S/C14H19BrN4/c1-4-12-14(15)13(19(3)18-12)7-11(16)10-8-17-6-5-9(10)2/h5-6,8,11H,4,7,16H2,1-3H3. The van der Waals surface area contributed by atoms with Gasteiger partial charge in [-0.2, -0.15) is 5.10 Å². The highest BCUT2D eigenvalue weighted by atomic mass is 79.9. The summed E-state index contributed by atoms with van der Waals surface area (Å²) in [4.78, 5) is 4.16. The number of hydrogen-bond donors (Lipinski definition) is 1. The fourth-order valence-electron chi connectivity index (χ4n) is 2.22. The molecule has 2 aromatic heterocycles. The van der Waals surface area contributed by atoms with E-state index in [4.69, 9.17) is 5.73 Å². The van der Waals surface area contributed by atoms with Gasteiger partial charge in [0.15, 0.2) is 0 Å². The Morgan fingerprint density at radius 1 is 1.47 bits per heavy atom. The minimum Gasteiger partial charge on any atom is -0.324 e. The fraction of sp³-hybridized carbons (Fsp3) is 0.429. The lowest BCUT2D eigenvalue weighted by Crippen LogP contribution is -2.17. The number of aryl methyl sites for hydroxylation is 3. The van der Waals surface area contributed by atoms with Crippen molar-refractivity contribution >= 4 is 15.9 Å². The molecule has 19 heavy (non-hydrogen) atoms. The molecule has 0 aliphatic carbocycles. The van der Waals surface area contributed by atoms with Crippen molar-refractivity contribution in [3.05, 3.63) is 45.4 Å².